The van der Waals surface area contributed by atoms with E-state index in [0.29, 0.717) is 19.0 Å². The van der Waals surface area contributed by atoms with Gasteiger partial charge in [0.1, 0.15) is 0 Å². The maximum Gasteiger partial charge on any atom is 0.295 e. The minimum absolute atomic E-state index is 0.132. The van der Waals surface area contributed by atoms with Crippen molar-refractivity contribution in [2.75, 3.05) is 13.1 Å². The lowest BCUT2D eigenvalue weighted by Gasteiger charge is -2.20. The van der Waals surface area contributed by atoms with E-state index in [1.54, 1.807) is 4.90 Å². The van der Waals surface area contributed by atoms with E-state index >= 15 is 0 Å². The fourth-order valence-corrected chi connectivity index (χ4v) is 1.19. The second-order valence-electron chi connectivity index (χ2n) is 3.47. The van der Waals surface area contributed by atoms with Crippen molar-refractivity contribution >= 4 is 5.91 Å². The Kier molecular flexibility index (Phi) is 3.55. The standard InChI is InChI=1S/C8H15N5O/c1-4-13(5-6(2)3)8(14)7-9-11-12-10-7/h6H,4-5H2,1-3H3,(H,9,10,11,12). The molecule has 0 fully saturated rings. The molecule has 0 spiro atoms. The predicted molar refractivity (Wildman–Crippen MR) is 50.6 cm³/mol. The minimum Gasteiger partial charge on any atom is -0.336 e. The molecule has 0 saturated heterocycles. The van der Waals surface area contributed by atoms with Gasteiger partial charge in [0.15, 0.2) is 0 Å². The van der Waals surface area contributed by atoms with E-state index < -0.39 is 0 Å². The first-order chi connectivity index (χ1) is 6.65. The Morgan fingerprint density at radius 1 is 1.57 bits per heavy atom. The molecule has 6 heteroatoms. The van der Waals surface area contributed by atoms with Gasteiger partial charge >= 0.3 is 0 Å². The molecule has 0 aromatic carbocycles. The quantitative estimate of drug-likeness (QED) is 0.754. The topological polar surface area (TPSA) is 74.8 Å². The van der Waals surface area contributed by atoms with Crippen LogP contribution in [0.15, 0.2) is 0 Å². The molecule has 0 radical (unpaired) electrons. The molecule has 14 heavy (non-hydrogen) atoms. The molecule has 1 aromatic rings. The molecule has 1 N–H and O–H groups in total. The second-order valence-corrected chi connectivity index (χ2v) is 3.47. The van der Waals surface area contributed by atoms with Crippen LogP contribution in [0, 0.1) is 5.92 Å². The van der Waals surface area contributed by atoms with E-state index in [-0.39, 0.29) is 11.7 Å². The summed E-state index contributed by atoms with van der Waals surface area (Å²) in [6, 6.07) is 0. The maximum absolute atomic E-state index is 11.7. The number of hydrogen-bond acceptors (Lipinski definition) is 4. The highest BCUT2D eigenvalue weighted by Gasteiger charge is 2.18. The molecule has 1 amide bonds. The second kappa shape index (κ2) is 4.69. The number of H-pyrrole nitrogens is 1. The first-order valence-electron chi connectivity index (χ1n) is 4.67. The van der Waals surface area contributed by atoms with Crippen LogP contribution >= 0.6 is 0 Å². The molecule has 0 saturated carbocycles. The summed E-state index contributed by atoms with van der Waals surface area (Å²) in [4.78, 5) is 13.4. The third-order valence-electron chi connectivity index (χ3n) is 1.79. The van der Waals surface area contributed by atoms with Gasteiger partial charge in [0.2, 0.25) is 0 Å². The Labute approximate surface area is 82.7 Å². The molecule has 0 aliphatic rings. The van der Waals surface area contributed by atoms with Crippen LogP contribution in [0.25, 0.3) is 0 Å². The number of aromatic amines is 1. The molecule has 0 aliphatic carbocycles. The minimum atomic E-state index is -0.171. The van der Waals surface area contributed by atoms with Gasteiger partial charge < -0.3 is 4.90 Å². The number of aromatic nitrogens is 4. The summed E-state index contributed by atoms with van der Waals surface area (Å²) in [5.41, 5.74) is 0. The molecule has 1 heterocycles. The Bertz CT molecular complexity index is 282. The van der Waals surface area contributed by atoms with Gasteiger partial charge in [-0.25, -0.2) is 0 Å². The first kappa shape index (κ1) is 10.6. The molecule has 0 aliphatic heterocycles. The molecular weight excluding hydrogens is 182 g/mol. The highest BCUT2D eigenvalue weighted by molar-refractivity contribution is 5.90. The summed E-state index contributed by atoms with van der Waals surface area (Å²) in [6.45, 7) is 7.42. The molecule has 0 atom stereocenters. The monoisotopic (exact) mass is 197 g/mol. The van der Waals surface area contributed by atoms with Crippen LogP contribution in [0.4, 0.5) is 0 Å². The zero-order valence-corrected chi connectivity index (χ0v) is 8.69. The van der Waals surface area contributed by atoms with Crippen molar-refractivity contribution in [1.82, 2.24) is 25.5 Å². The van der Waals surface area contributed by atoms with Gasteiger partial charge in [0, 0.05) is 13.1 Å². The van der Waals surface area contributed by atoms with Crippen LogP contribution in [0.1, 0.15) is 31.4 Å². The normalized spacial score (nSPS) is 10.6. The number of carbonyl (C=O) groups is 1. The van der Waals surface area contributed by atoms with Gasteiger partial charge in [-0.1, -0.05) is 13.8 Å². The van der Waals surface area contributed by atoms with Gasteiger partial charge in [-0.15, -0.1) is 10.2 Å². The number of hydrogen-bond donors (Lipinski definition) is 1. The van der Waals surface area contributed by atoms with Crippen LogP contribution < -0.4 is 0 Å². The van der Waals surface area contributed by atoms with Crippen molar-refractivity contribution in [3.63, 3.8) is 0 Å². The van der Waals surface area contributed by atoms with Crippen molar-refractivity contribution in [2.45, 2.75) is 20.8 Å². The van der Waals surface area contributed by atoms with Crippen molar-refractivity contribution in [1.29, 1.82) is 0 Å². The molecule has 78 valence electrons. The summed E-state index contributed by atoms with van der Waals surface area (Å²) >= 11 is 0. The smallest absolute Gasteiger partial charge is 0.295 e. The number of nitrogens with one attached hydrogen (secondary N) is 1. The molecule has 1 aromatic heterocycles. The van der Waals surface area contributed by atoms with E-state index in [4.69, 9.17) is 0 Å². The summed E-state index contributed by atoms with van der Waals surface area (Å²) in [5.74, 6) is 0.397. The molecule has 0 bridgehead atoms. The third kappa shape index (κ3) is 2.51. The number of amides is 1. The predicted octanol–water partition coefficient (Wildman–Crippen LogP) is 0.318. The van der Waals surface area contributed by atoms with Crippen LogP contribution in [0.2, 0.25) is 0 Å². The first-order valence-corrected chi connectivity index (χ1v) is 4.67. The van der Waals surface area contributed by atoms with Crippen molar-refractivity contribution in [3.05, 3.63) is 5.82 Å². The van der Waals surface area contributed by atoms with Crippen LogP contribution in [0.5, 0.6) is 0 Å². The Balaban J connectivity index is 2.66. The fraction of sp³-hybridized carbons (Fsp3) is 0.750. The molecule has 0 unspecified atom stereocenters. The van der Waals surface area contributed by atoms with Crippen molar-refractivity contribution in [2.24, 2.45) is 5.92 Å². The van der Waals surface area contributed by atoms with Gasteiger partial charge in [0.25, 0.3) is 11.7 Å². The number of nitrogens with zero attached hydrogens (tertiary/aromatic N) is 4. The van der Waals surface area contributed by atoms with E-state index in [1.807, 2.05) is 6.92 Å². The van der Waals surface area contributed by atoms with Gasteiger partial charge in [-0.2, -0.15) is 5.21 Å². The van der Waals surface area contributed by atoms with Crippen molar-refractivity contribution < 1.29 is 4.79 Å². The van der Waals surface area contributed by atoms with Gasteiger partial charge in [-0.3, -0.25) is 4.79 Å². The average molecular weight is 197 g/mol. The zero-order chi connectivity index (χ0) is 10.6. The van der Waals surface area contributed by atoms with Crippen molar-refractivity contribution in [3.8, 4) is 0 Å². The lowest BCUT2D eigenvalue weighted by atomic mass is 10.2. The number of rotatable bonds is 4. The Morgan fingerprint density at radius 2 is 2.29 bits per heavy atom. The van der Waals surface area contributed by atoms with E-state index in [9.17, 15) is 4.79 Å². The number of tetrazole rings is 1. The largest absolute Gasteiger partial charge is 0.336 e. The summed E-state index contributed by atoms with van der Waals surface area (Å²) in [7, 11) is 0. The SMILES string of the molecule is CCN(CC(C)C)C(=O)c1nn[nH]n1. The average Bonchev–Trinajstić information content (AvgIpc) is 2.65. The molecule has 1 rings (SSSR count). The molecule has 6 nitrogen and oxygen atoms in total. The lowest BCUT2D eigenvalue weighted by molar-refractivity contribution is 0.0733. The van der Waals surface area contributed by atoms with E-state index in [1.165, 1.54) is 0 Å². The van der Waals surface area contributed by atoms with Crippen LogP contribution in [-0.2, 0) is 0 Å². The van der Waals surface area contributed by atoms with Gasteiger partial charge in [0.05, 0.1) is 0 Å². The highest BCUT2D eigenvalue weighted by atomic mass is 16.2. The zero-order valence-electron chi connectivity index (χ0n) is 8.69. The highest BCUT2D eigenvalue weighted by Crippen LogP contribution is 2.02. The van der Waals surface area contributed by atoms with E-state index in [2.05, 4.69) is 34.5 Å². The summed E-state index contributed by atoms with van der Waals surface area (Å²) in [6.07, 6.45) is 0. The number of carbonyl (C=O) groups excluding carboxylic acids is 1. The summed E-state index contributed by atoms with van der Waals surface area (Å²) < 4.78 is 0. The third-order valence-corrected chi connectivity index (χ3v) is 1.79. The molecular formula is C8H15N5O. The van der Waals surface area contributed by atoms with E-state index in [0.717, 1.165) is 0 Å². The maximum atomic E-state index is 11.7. The Morgan fingerprint density at radius 3 is 2.71 bits per heavy atom. The van der Waals surface area contributed by atoms with Gasteiger partial charge in [-0.05, 0) is 18.1 Å². The van der Waals surface area contributed by atoms with Crippen LogP contribution in [0.3, 0.4) is 0 Å². The summed E-state index contributed by atoms with van der Waals surface area (Å²) in [5, 5.41) is 12.9. The lowest BCUT2D eigenvalue weighted by Crippen LogP contribution is -2.34. The fourth-order valence-electron chi connectivity index (χ4n) is 1.19. The van der Waals surface area contributed by atoms with Crippen LogP contribution in [-0.4, -0.2) is 44.5 Å². The Hall–Kier alpha value is -1.46.